The molecule has 1 aromatic carbocycles. The van der Waals surface area contributed by atoms with Crippen LogP contribution in [0.15, 0.2) is 18.2 Å². The fraction of sp³-hybridized carbons (Fsp3) is 0.450. The summed E-state index contributed by atoms with van der Waals surface area (Å²) in [6.45, 7) is 10.7. The number of nitrogens with zero attached hydrogens (tertiary/aromatic N) is 2. The maximum absolute atomic E-state index is 12.5. The van der Waals surface area contributed by atoms with Gasteiger partial charge in [-0.05, 0) is 44.9 Å². The van der Waals surface area contributed by atoms with Gasteiger partial charge in [0.15, 0.2) is 6.10 Å². The Kier molecular flexibility index (Phi) is 5.21. The number of amides is 2. The van der Waals surface area contributed by atoms with Crippen LogP contribution < -0.4 is 15.4 Å². The van der Waals surface area contributed by atoms with Gasteiger partial charge >= 0.3 is 0 Å². The summed E-state index contributed by atoms with van der Waals surface area (Å²) in [4.78, 5) is 24.3. The van der Waals surface area contributed by atoms with Gasteiger partial charge in [-0.2, -0.15) is 5.10 Å². The van der Waals surface area contributed by atoms with Crippen LogP contribution in [0.2, 0.25) is 0 Å². The summed E-state index contributed by atoms with van der Waals surface area (Å²) >= 11 is 0. The third-order valence-corrected chi connectivity index (χ3v) is 4.60. The number of fused-ring (bicyclic) bond motifs is 1. The van der Waals surface area contributed by atoms with Crippen LogP contribution in [-0.2, 0) is 22.6 Å². The Labute approximate surface area is 159 Å². The van der Waals surface area contributed by atoms with Gasteiger partial charge in [0.2, 0.25) is 5.91 Å². The number of hydrogen-bond donors (Lipinski definition) is 2. The molecule has 2 aromatic rings. The lowest BCUT2D eigenvalue weighted by Crippen LogP contribution is -2.34. The lowest BCUT2D eigenvalue weighted by molar-refractivity contribution is -0.122. The summed E-state index contributed by atoms with van der Waals surface area (Å²) in [5.74, 6) is 0.763. The zero-order chi connectivity index (χ0) is 19.7. The van der Waals surface area contributed by atoms with Gasteiger partial charge in [0.05, 0.1) is 17.8 Å². The lowest BCUT2D eigenvalue weighted by atomic mass is 10.1. The first kappa shape index (κ1) is 18.9. The summed E-state index contributed by atoms with van der Waals surface area (Å²) in [6.07, 6.45) is -0.265. The van der Waals surface area contributed by atoms with Crippen LogP contribution in [0.1, 0.15) is 37.7 Å². The number of aromatic nitrogens is 2. The van der Waals surface area contributed by atoms with E-state index in [1.54, 1.807) is 25.1 Å². The molecule has 2 N–H and O–H groups in total. The number of rotatable bonds is 5. The molecule has 7 heteroatoms. The van der Waals surface area contributed by atoms with Crippen molar-refractivity contribution in [1.82, 2.24) is 9.78 Å². The highest BCUT2D eigenvalue weighted by Crippen LogP contribution is 2.32. The number of carbonyl (C=O) groups excluding carboxylic acids is 2. The SMILES string of the molecule is Cc1nn(CC(C)C)c(C)c1CC(=O)Nc1ccc2c(c1)NC(=O)[C@@H](C)O2. The smallest absolute Gasteiger partial charge is 0.265 e. The van der Waals surface area contributed by atoms with Gasteiger partial charge in [-0.25, -0.2) is 0 Å². The summed E-state index contributed by atoms with van der Waals surface area (Å²) in [5.41, 5.74) is 4.03. The van der Waals surface area contributed by atoms with Crippen molar-refractivity contribution in [3.8, 4) is 5.75 Å². The van der Waals surface area contributed by atoms with Gasteiger partial charge in [-0.3, -0.25) is 14.3 Å². The van der Waals surface area contributed by atoms with Crippen LogP contribution >= 0.6 is 0 Å². The fourth-order valence-electron chi connectivity index (χ4n) is 3.17. The highest BCUT2D eigenvalue weighted by molar-refractivity contribution is 5.99. The third-order valence-electron chi connectivity index (χ3n) is 4.60. The monoisotopic (exact) mass is 370 g/mol. The molecule has 7 nitrogen and oxygen atoms in total. The van der Waals surface area contributed by atoms with E-state index in [0.717, 1.165) is 23.5 Å². The maximum atomic E-state index is 12.5. The number of aryl methyl sites for hydroxylation is 1. The lowest BCUT2D eigenvalue weighted by Gasteiger charge is -2.23. The second kappa shape index (κ2) is 7.42. The Balaban J connectivity index is 1.71. The first-order valence-corrected chi connectivity index (χ1v) is 9.19. The van der Waals surface area contributed by atoms with Crippen molar-refractivity contribution >= 4 is 23.2 Å². The minimum atomic E-state index is -0.522. The van der Waals surface area contributed by atoms with E-state index in [9.17, 15) is 9.59 Å². The molecular formula is C20H26N4O3. The van der Waals surface area contributed by atoms with Crippen molar-refractivity contribution in [3.63, 3.8) is 0 Å². The van der Waals surface area contributed by atoms with E-state index >= 15 is 0 Å². The molecule has 0 bridgehead atoms. The molecule has 0 spiro atoms. The van der Waals surface area contributed by atoms with Crippen molar-refractivity contribution in [3.05, 3.63) is 35.2 Å². The molecule has 1 aliphatic heterocycles. The van der Waals surface area contributed by atoms with E-state index in [-0.39, 0.29) is 18.2 Å². The van der Waals surface area contributed by atoms with E-state index < -0.39 is 6.10 Å². The molecule has 144 valence electrons. The summed E-state index contributed by atoms with van der Waals surface area (Å²) in [7, 11) is 0. The Morgan fingerprint density at radius 2 is 2.11 bits per heavy atom. The largest absolute Gasteiger partial charge is 0.479 e. The van der Waals surface area contributed by atoms with Crippen LogP contribution in [0, 0.1) is 19.8 Å². The van der Waals surface area contributed by atoms with E-state index in [0.29, 0.717) is 23.0 Å². The molecule has 1 atom stereocenters. The van der Waals surface area contributed by atoms with Crippen molar-refractivity contribution in [2.24, 2.45) is 5.92 Å². The molecule has 0 fully saturated rings. The molecule has 27 heavy (non-hydrogen) atoms. The number of anilines is 2. The molecule has 1 aromatic heterocycles. The molecule has 0 aliphatic carbocycles. The van der Waals surface area contributed by atoms with Gasteiger partial charge in [-0.1, -0.05) is 13.8 Å². The van der Waals surface area contributed by atoms with E-state index in [4.69, 9.17) is 4.74 Å². The van der Waals surface area contributed by atoms with Gasteiger partial charge in [0, 0.05) is 23.5 Å². The van der Waals surface area contributed by atoms with E-state index in [1.807, 2.05) is 18.5 Å². The number of benzene rings is 1. The Bertz CT molecular complexity index is 886. The Morgan fingerprint density at radius 3 is 2.81 bits per heavy atom. The van der Waals surface area contributed by atoms with Gasteiger partial charge in [0.1, 0.15) is 5.75 Å². The molecular weight excluding hydrogens is 344 g/mol. The molecule has 2 amide bonds. The average Bonchev–Trinajstić information content (AvgIpc) is 2.83. The number of hydrogen-bond acceptors (Lipinski definition) is 4. The summed E-state index contributed by atoms with van der Waals surface area (Å²) in [6, 6.07) is 5.22. The standard InChI is InChI=1S/C20H26N4O3/c1-11(2)10-24-13(4)16(12(3)23-24)9-19(25)21-15-6-7-18-17(8-15)22-20(26)14(5)27-18/h6-8,11,14H,9-10H2,1-5H3,(H,21,25)(H,22,26)/t14-/m1/s1. The van der Waals surface area contributed by atoms with Gasteiger partial charge in [-0.15, -0.1) is 0 Å². The fourth-order valence-corrected chi connectivity index (χ4v) is 3.17. The number of carbonyl (C=O) groups is 2. The summed E-state index contributed by atoms with van der Waals surface area (Å²) < 4.78 is 7.50. The second-order valence-electron chi connectivity index (χ2n) is 7.41. The van der Waals surface area contributed by atoms with Gasteiger partial charge in [0.25, 0.3) is 5.91 Å². The Morgan fingerprint density at radius 1 is 1.37 bits per heavy atom. The average molecular weight is 370 g/mol. The van der Waals surface area contributed by atoms with Crippen LogP contribution in [0.4, 0.5) is 11.4 Å². The topological polar surface area (TPSA) is 85.3 Å². The molecule has 0 radical (unpaired) electrons. The number of nitrogens with one attached hydrogen (secondary N) is 2. The predicted molar refractivity (Wildman–Crippen MR) is 104 cm³/mol. The molecule has 2 heterocycles. The highest BCUT2D eigenvalue weighted by Gasteiger charge is 2.24. The van der Waals surface area contributed by atoms with Crippen LogP contribution in [0.5, 0.6) is 5.75 Å². The zero-order valence-corrected chi connectivity index (χ0v) is 16.4. The summed E-state index contributed by atoms with van der Waals surface area (Å²) in [5, 5.41) is 10.2. The minimum Gasteiger partial charge on any atom is -0.479 e. The number of ether oxygens (including phenoxy) is 1. The van der Waals surface area contributed by atoms with Crippen LogP contribution in [-0.4, -0.2) is 27.7 Å². The highest BCUT2D eigenvalue weighted by atomic mass is 16.5. The van der Waals surface area contributed by atoms with Crippen LogP contribution in [0.3, 0.4) is 0 Å². The van der Waals surface area contributed by atoms with E-state index in [2.05, 4.69) is 29.6 Å². The van der Waals surface area contributed by atoms with Crippen LogP contribution in [0.25, 0.3) is 0 Å². The molecule has 0 saturated heterocycles. The minimum absolute atomic E-state index is 0.123. The first-order valence-electron chi connectivity index (χ1n) is 9.19. The van der Waals surface area contributed by atoms with Crippen molar-refractivity contribution < 1.29 is 14.3 Å². The van der Waals surface area contributed by atoms with Crippen molar-refractivity contribution in [2.45, 2.75) is 53.7 Å². The zero-order valence-electron chi connectivity index (χ0n) is 16.4. The van der Waals surface area contributed by atoms with Crippen molar-refractivity contribution in [1.29, 1.82) is 0 Å². The quantitative estimate of drug-likeness (QED) is 0.847. The second-order valence-corrected chi connectivity index (χ2v) is 7.41. The van der Waals surface area contributed by atoms with Crippen molar-refractivity contribution in [2.75, 3.05) is 10.6 Å². The Hall–Kier alpha value is -2.83. The molecule has 1 aliphatic rings. The van der Waals surface area contributed by atoms with E-state index in [1.165, 1.54) is 0 Å². The predicted octanol–water partition coefficient (Wildman–Crippen LogP) is 3.06. The van der Waals surface area contributed by atoms with Gasteiger partial charge < -0.3 is 15.4 Å². The molecule has 0 unspecified atom stereocenters. The maximum Gasteiger partial charge on any atom is 0.265 e. The third kappa shape index (κ3) is 4.13. The first-order chi connectivity index (χ1) is 12.7. The normalized spacial score (nSPS) is 15.9. The molecule has 0 saturated carbocycles. The molecule has 3 rings (SSSR count).